The molecule has 1 amide bonds. The SMILES string of the molecule is O=C(CCc1nc2ccccc2c(=O)[nH]1)N1CCC[C@@H]1c1ccc(F)cc1. The van der Waals surface area contributed by atoms with Gasteiger partial charge in [-0.2, -0.15) is 0 Å². The molecule has 6 heteroatoms. The van der Waals surface area contributed by atoms with E-state index in [2.05, 4.69) is 9.97 Å². The van der Waals surface area contributed by atoms with Crippen molar-refractivity contribution in [3.63, 3.8) is 0 Å². The molecule has 0 aliphatic carbocycles. The summed E-state index contributed by atoms with van der Waals surface area (Å²) in [6, 6.07) is 13.5. The Morgan fingerprint density at radius 3 is 2.78 bits per heavy atom. The summed E-state index contributed by atoms with van der Waals surface area (Å²) in [4.78, 5) is 34.0. The number of benzene rings is 2. The fraction of sp³-hybridized carbons (Fsp3) is 0.286. The minimum Gasteiger partial charge on any atom is -0.336 e. The van der Waals surface area contributed by atoms with Gasteiger partial charge in [-0.15, -0.1) is 0 Å². The number of fused-ring (bicyclic) bond motifs is 1. The van der Waals surface area contributed by atoms with Crippen LogP contribution in [0.1, 0.15) is 36.7 Å². The number of carbonyl (C=O) groups excluding carboxylic acids is 1. The Morgan fingerprint density at radius 2 is 1.96 bits per heavy atom. The second-order valence-corrected chi connectivity index (χ2v) is 6.83. The van der Waals surface area contributed by atoms with Crippen molar-refractivity contribution in [2.75, 3.05) is 6.54 Å². The molecule has 0 radical (unpaired) electrons. The highest BCUT2D eigenvalue weighted by molar-refractivity contribution is 5.78. The summed E-state index contributed by atoms with van der Waals surface area (Å²) in [5.41, 5.74) is 1.40. The van der Waals surface area contributed by atoms with E-state index < -0.39 is 0 Å². The van der Waals surface area contributed by atoms with Crippen LogP contribution in [0.5, 0.6) is 0 Å². The maximum absolute atomic E-state index is 13.2. The van der Waals surface area contributed by atoms with Crippen LogP contribution < -0.4 is 5.56 Å². The Kier molecular flexibility index (Phi) is 4.71. The molecule has 0 spiro atoms. The number of aromatic nitrogens is 2. The number of amides is 1. The van der Waals surface area contributed by atoms with Crippen LogP contribution in [0.3, 0.4) is 0 Å². The first kappa shape index (κ1) is 17.4. The number of aromatic amines is 1. The van der Waals surface area contributed by atoms with E-state index in [0.717, 1.165) is 18.4 Å². The second-order valence-electron chi connectivity index (χ2n) is 6.83. The van der Waals surface area contributed by atoms with Crippen molar-refractivity contribution in [3.8, 4) is 0 Å². The van der Waals surface area contributed by atoms with Crippen molar-refractivity contribution < 1.29 is 9.18 Å². The monoisotopic (exact) mass is 365 g/mol. The molecule has 1 aliphatic heterocycles. The standard InChI is InChI=1S/C21H20FN3O2/c22-15-9-7-14(8-10-15)18-6-3-13-25(18)20(26)12-11-19-23-17-5-2-1-4-16(17)21(27)24-19/h1-2,4-5,7-10,18H,3,6,11-13H2,(H,23,24,27)/t18-/m1/s1. The van der Waals surface area contributed by atoms with Crippen LogP contribution >= 0.6 is 0 Å². The molecule has 1 aliphatic rings. The van der Waals surface area contributed by atoms with Gasteiger partial charge in [-0.3, -0.25) is 9.59 Å². The molecular formula is C21H20FN3O2. The second kappa shape index (κ2) is 7.31. The van der Waals surface area contributed by atoms with Crippen LogP contribution in [0.2, 0.25) is 0 Å². The van der Waals surface area contributed by atoms with Gasteiger partial charge in [-0.05, 0) is 42.7 Å². The highest BCUT2D eigenvalue weighted by atomic mass is 19.1. The number of aryl methyl sites for hydroxylation is 1. The lowest BCUT2D eigenvalue weighted by Crippen LogP contribution is -2.31. The maximum atomic E-state index is 13.2. The lowest BCUT2D eigenvalue weighted by molar-refractivity contribution is -0.132. The third kappa shape index (κ3) is 3.60. The van der Waals surface area contributed by atoms with Gasteiger partial charge in [0.2, 0.25) is 5.91 Å². The normalized spacial score (nSPS) is 16.8. The number of H-pyrrole nitrogens is 1. The van der Waals surface area contributed by atoms with Gasteiger partial charge in [0.1, 0.15) is 11.6 Å². The number of nitrogens with zero attached hydrogens (tertiary/aromatic N) is 2. The molecule has 2 heterocycles. The average Bonchev–Trinajstić information content (AvgIpc) is 3.17. The maximum Gasteiger partial charge on any atom is 0.258 e. The lowest BCUT2D eigenvalue weighted by atomic mass is 10.0. The van der Waals surface area contributed by atoms with Crippen LogP contribution in [0, 0.1) is 5.82 Å². The van der Waals surface area contributed by atoms with E-state index in [9.17, 15) is 14.0 Å². The van der Waals surface area contributed by atoms with Gasteiger partial charge in [0.25, 0.3) is 5.56 Å². The molecule has 1 atom stereocenters. The Morgan fingerprint density at radius 1 is 1.19 bits per heavy atom. The van der Waals surface area contributed by atoms with Gasteiger partial charge < -0.3 is 9.88 Å². The average molecular weight is 365 g/mol. The van der Waals surface area contributed by atoms with E-state index in [1.807, 2.05) is 11.0 Å². The van der Waals surface area contributed by atoms with Crippen molar-refractivity contribution in [1.29, 1.82) is 0 Å². The van der Waals surface area contributed by atoms with Gasteiger partial charge >= 0.3 is 0 Å². The molecule has 4 rings (SSSR count). The largest absolute Gasteiger partial charge is 0.336 e. The van der Waals surface area contributed by atoms with E-state index in [1.165, 1.54) is 12.1 Å². The number of hydrogen-bond acceptors (Lipinski definition) is 3. The third-order valence-electron chi connectivity index (χ3n) is 5.07. The fourth-order valence-electron chi connectivity index (χ4n) is 3.72. The van der Waals surface area contributed by atoms with Crippen molar-refractivity contribution in [2.24, 2.45) is 0 Å². The van der Waals surface area contributed by atoms with Crippen LogP contribution in [-0.4, -0.2) is 27.3 Å². The Labute approximate surface area is 155 Å². The fourth-order valence-corrected chi connectivity index (χ4v) is 3.72. The van der Waals surface area contributed by atoms with Crippen molar-refractivity contribution >= 4 is 16.8 Å². The van der Waals surface area contributed by atoms with Gasteiger partial charge in [0, 0.05) is 19.4 Å². The first-order valence-corrected chi connectivity index (χ1v) is 9.15. The first-order chi connectivity index (χ1) is 13.1. The molecular weight excluding hydrogens is 345 g/mol. The zero-order valence-electron chi connectivity index (χ0n) is 14.8. The smallest absolute Gasteiger partial charge is 0.258 e. The summed E-state index contributed by atoms with van der Waals surface area (Å²) in [7, 11) is 0. The number of likely N-dealkylation sites (tertiary alicyclic amines) is 1. The summed E-state index contributed by atoms with van der Waals surface area (Å²) in [5.74, 6) is 0.267. The number of hydrogen-bond donors (Lipinski definition) is 1. The van der Waals surface area contributed by atoms with Crippen LogP contribution in [0.25, 0.3) is 10.9 Å². The molecule has 3 aromatic rings. The molecule has 138 valence electrons. The molecule has 0 saturated carbocycles. The van der Waals surface area contributed by atoms with E-state index in [4.69, 9.17) is 0 Å². The Balaban J connectivity index is 1.47. The number of rotatable bonds is 4. The van der Waals surface area contributed by atoms with E-state index in [-0.39, 0.29) is 29.7 Å². The Hall–Kier alpha value is -3.02. The van der Waals surface area contributed by atoms with E-state index in [0.29, 0.717) is 29.7 Å². The van der Waals surface area contributed by atoms with Gasteiger partial charge in [-0.1, -0.05) is 24.3 Å². The summed E-state index contributed by atoms with van der Waals surface area (Å²) >= 11 is 0. The predicted molar refractivity (Wildman–Crippen MR) is 101 cm³/mol. The molecule has 0 unspecified atom stereocenters. The molecule has 5 nitrogen and oxygen atoms in total. The first-order valence-electron chi connectivity index (χ1n) is 9.15. The predicted octanol–water partition coefficient (Wildman–Crippen LogP) is 3.36. The van der Waals surface area contributed by atoms with Gasteiger partial charge in [-0.25, -0.2) is 9.37 Å². The topological polar surface area (TPSA) is 66.1 Å². The van der Waals surface area contributed by atoms with Crippen LogP contribution in [0.15, 0.2) is 53.3 Å². The highest BCUT2D eigenvalue weighted by Crippen LogP contribution is 2.32. The van der Waals surface area contributed by atoms with Gasteiger partial charge in [0.05, 0.1) is 16.9 Å². The molecule has 1 aromatic heterocycles. The molecule has 1 N–H and O–H groups in total. The van der Waals surface area contributed by atoms with Gasteiger partial charge in [0.15, 0.2) is 0 Å². The summed E-state index contributed by atoms with van der Waals surface area (Å²) in [5, 5.41) is 0.545. The highest BCUT2D eigenvalue weighted by Gasteiger charge is 2.29. The molecule has 1 fully saturated rings. The summed E-state index contributed by atoms with van der Waals surface area (Å²) in [6.45, 7) is 0.697. The molecule has 27 heavy (non-hydrogen) atoms. The lowest BCUT2D eigenvalue weighted by Gasteiger charge is -2.25. The van der Waals surface area contributed by atoms with Crippen molar-refractivity contribution in [2.45, 2.75) is 31.7 Å². The van der Waals surface area contributed by atoms with E-state index in [1.54, 1.807) is 30.3 Å². The minimum absolute atomic E-state index is 0.0123. The summed E-state index contributed by atoms with van der Waals surface area (Å²) in [6.07, 6.45) is 2.46. The van der Waals surface area contributed by atoms with Crippen molar-refractivity contribution in [1.82, 2.24) is 14.9 Å². The molecule has 1 saturated heterocycles. The number of para-hydroxylation sites is 1. The number of carbonyl (C=O) groups is 1. The Bertz CT molecular complexity index is 1030. The number of halogens is 1. The zero-order chi connectivity index (χ0) is 18.8. The molecule has 2 aromatic carbocycles. The van der Waals surface area contributed by atoms with Crippen LogP contribution in [-0.2, 0) is 11.2 Å². The van der Waals surface area contributed by atoms with E-state index >= 15 is 0 Å². The van der Waals surface area contributed by atoms with Crippen LogP contribution in [0.4, 0.5) is 4.39 Å². The zero-order valence-corrected chi connectivity index (χ0v) is 14.8. The molecule has 0 bridgehead atoms. The third-order valence-corrected chi connectivity index (χ3v) is 5.07. The minimum atomic E-state index is -0.277. The quantitative estimate of drug-likeness (QED) is 0.771. The van der Waals surface area contributed by atoms with Crippen molar-refractivity contribution in [3.05, 3.63) is 76.1 Å². The summed E-state index contributed by atoms with van der Waals surface area (Å²) < 4.78 is 13.2. The number of nitrogens with one attached hydrogen (secondary N) is 1.